The van der Waals surface area contributed by atoms with Gasteiger partial charge in [0.1, 0.15) is 6.04 Å². The molecule has 0 radical (unpaired) electrons. The van der Waals surface area contributed by atoms with Crippen molar-refractivity contribution in [2.45, 2.75) is 33.2 Å². The van der Waals surface area contributed by atoms with E-state index in [0.29, 0.717) is 18.4 Å². The largest absolute Gasteiger partial charge is 0.424 e. The van der Waals surface area contributed by atoms with Crippen molar-refractivity contribution in [1.82, 2.24) is 20.0 Å². The maximum atomic E-state index is 5.62. The van der Waals surface area contributed by atoms with Gasteiger partial charge >= 0.3 is 0 Å². The van der Waals surface area contributed by atoms with Crippen LogP contribution in [-0.4, -0.2) is 65.9 Å². The summed E-state index contributed by atoms with van der Waals surface area (Å²) in [6.07, 6.45) is 1.36. The third kappa shape index (κ3) is 3.86. The van der Waals surface area contributed by atoms with Crippen LogP contribution in [-0.2, 0) is 4.74 Å². The SMILES string of the molecule is Cc1nnc(C2COCCN2CCN2CC(C)CC(C)C2)o1. The van der Waals surface area contributed by atoms with Gasteiger partial charge in [-0.2, -0.15) is 0 Å². The molecule has 0 aliphatic carbocycles. The first-order valence-corrected chi connectivity index (χ1v) is 8.46. The van der Waals surface area contributed by atoms with E-state index >= 15 is 0 Å². The van der Waals surface area contributed by atoms with Crippen LogP contribution in [0.1, 0.15) is 38.1 Å². The predicted octanol–water partition coefficient (Wildman–Crippen LogP) is 1.73. The lowest BCUT2D eigenvalue weighted by molar-refractivity contribution is -0.0239. The van der Waals surface area contributed by atoms with Crippen LogP contribution in [0.5, 0.6) is 0 Å². The maximum Gasteiger partial charge on any atom is 0.235 e. The summed E-state index contributed by atoms with van der Waals surface area (Å²) in [7, 11) is 0. The van der Waals surface area contributed by atoms with Crippen LogP contribution in [0.3, 0.4) is 0 Å². The van der Waals surface area contributed by atoms with Crippen LogP contribution < -0.4 is 0 Å². The third-order valence-electron chi connectivity index (χ3n) is 4.71. The van der Waals surface area contributed by atoms with Gasteiger partial charge in [0.15, 0.2) is 0 Å². The Balaban J connectivity index is 1.57. The lowest BCUT2D eigenvalue weighted by Crippen LogP contribution is -2.46. The number of likely N-dealkylation sites (tertiary alicyclic amines) is 1. The topological polar surface area (TPSA) is 54.6 Å². The molecular formula is C16H28N4O2. The van der Waals surface area contributed by atoms with Crippen molar-refractivity contribution in [3.8, 4) is 0 Å². The Morgan fingerprint density at radius 3 is 2.59 bits per heavy atom. The van der Waals surface area contributed by atoms with Gasteiger partial charge in [0, 0.05) is 39.6 Å². The van der Waals surface area contributed by atoms with Gasteiger partial charge in [0.25, 0.3) is 0 Å². The summed E-state index contributed by atoms with van der Waals surface area (Å²) < 4.78 is 11.2. The lowest BCUT2D eigenvalue weighted by Gasteiger charge is -2.38. The molecule has 0 N–H and O–H groups in total. The normalized spacial score (nSPS) is 31.5. The van der Waals surface area contributed by atoms with Gasteiger partial charge in [-0.15, -0.1) is 10.2 Å². The molecule has 6 heteroatoms. The first-order chi connectivity index (χ1) is 10.6. The average Bonchev–Trinajstić information content (AvgIpc) is 2.91. The Labute approximate surface area is 132 Å². The number of aromatic nitrogens is 2. The van der Waals surface area contributed by atoms with E-state index in [2.05, 4.69) is 33.8 Å². The summed E-state index contributed by atoms with van der Waals surface area (Å²) in [4.78, 5) is 5.03. The maximum absolute atomic E-state index is 5.62. The summed E-state index contributed by atoms with van der Waals surface area (Å²) in [6, 6.07) is 0.106. The van der Waals surface area contributed by atoms with Crippen LogP contribution in [0.25, 0.3) is 0 Å². The molecule has 0 saturated carbocycles. The van der Waals surface area contributed by atoms with Crippen molar-refractivity contribution in [1.29, 1.82) is 0 Å². The number of aryl methyl sites for hydroxylation is 1. The van der Waals surface area contributed by atoms with Gasteiger partial charge < -0.3 is 14.1 Å². The number of hydrogen-bond acceptors (Lipinski definition) is 6. The number of piperidine rings is 1. The Kier molecular flexibility index (Phi) is 5.10. The van der Waals surface area contributed by atoms with Crippen LogP contribution in [0.15, 0.2) is 4.42 Å². The molecule has 3 rings (SSSR count). The second kappa shape index (κ2) is 7.06. The summed E-state index contributed by atoms with van der Waals surface area (Å²) >= 11 is 0. The molecule has 1 aromatic rings. The van der Waals surface area contributed by atoms with Crippen LogP contribution in [0.4, 0.5) is 0 Å². The fourth-order valence-electron chi connectivity index (χ4n) is 3.82. The van der Waals surface area contributed by atoms with Crippen molar-refractivity contribution in [3.63, 3.8) is 0 Å². The third-order valence-corrected chi connectivity index (χ3v) is 4.71. The molecule has 124 valence electrons. The first-order valence-electron chi connectivity index (χ1n) is 8.46. The fourth-order valence-corrected chi connectivity index (χ4v) is 3.82. The van der Waals surface area contributed by atoms with Gasteiger partial charge in [-0.05, 0) is 18.3 Å². The van der Waals surface area contributed by atoms with Crippen molar-refractivity contribution in [2.75, 3.05) is 45.9 Å². The molecule has 6 nitrogen and oxygen atoms in total. The standard InChI is InChI=1S/C16H28N4O2/c1-12-8-13(2)10-19(9-12)4-5-20-6-7-21-11-15(20)16-18-17-14(3)22-16/h12-13,15H,4-11H2,1-3H3. The Bertz CT molecular complexity index is 468. The highest BCUT2D eigenvalue weighted by Crippen LogP contribution is 2.24. The van der Waals surface area contributed by atoms with E-state index in [9.17, 15) is 0 Å². The molecule has 3 heterocycles. The van der Waals surface area contributed by atoms with Gasteiger partial charge in [0.05, 0.1) is 13.2 Å². The highest BCUT2D eigenvalue weighted by Gasteiger charge is 2.30. The quantitative estimate of drug-likeness (QED) is 0.844. The summed E-state index contributed by atoms with van der Waals surface area (Å²) in [6.45, 7) is 13.5. The van der Waals surface area contributed by atoms with Gasteiger partial charge in [-0.3, -0.25) is 4.90 Å². The Morgan fingerprint density at radius 2 is 1.91 bits per heavy atom. The van der Waals surface area contributed by atoms with Crippen molar-refractivity contribution >= 4 is 0 Å². The molecule has 0 amide bonds. The van der Waals surface area contributed by atoms with Gasteiger partial charge in [-0.1, -0.05) is 13.8 Å². The van der Waals surface area contributed by atoms with E-state index in [0.717, 1.165) is 38.1 Å². The zero-order valence-electron chi connectivity index (χ0n) is 14.0. The number of rotatable bonds is 4. The van der Waals surface area contributed by atoms with Crippen molar-refractivity contribution in [3.05, 3.63) is 11.8 Å². The monoisotopic (exact) mass is 308 g/mol. The zero-order valence-corrected chi connectivity index (χ0v) is 14.0. The minimum Gasteiger partial charge on any atom is -0.424 e. The minimum absolute atomic E-state index is 0.106. The lowest BCUT2D eigenvalue weighted by atomic mass is 9.92. The molecule has 0 spiro atoms. The Hall–Kier alpha value is -0.980. The van der Waals surface area contributed by atoms with Crippen LogP contribution in [0.2, 0.25) is 0 Å². The molecule has 2 aliphatic heterocycles. The number of ether oxygens (including phenoxy) is 1. The second-order valence-corrected chi connectivity index (χ2v) is 6.99. The number of nitrogens with zero attached hydrogens (tertiary/aromatic N) is 4. The predicted molar refractivity (Wildman–Crippen MR) is 83.6 cm³/mol. The zero-order chi connectivity index (χ0) is 15.5. The summed E-state index contributed by atoms with van der Waals surface area (Å²) in [5, 5.41) is 8.14. The van der Waals surface area contributed by atoms with E-state index in [-0.39, 0.29) is 6.04 Å². The minimum atomic E-state index is 0.106. The summed E-state index contributed by atoms with van der Waals surface area (Å²) in [5.74, 6) is 2.93. The average molecular weight is 308 g/mol. The fraction of sp³-hybridized carbons (Fsp3) is 0.875. The smallest absolute Gasteiger partial charge is 0.235 e. The molecule has 2 saturated heterocycles. The van der Waals surface area contributed by atoms with E-state index in [4.69, 9.17) is 9.15 Å². The molecule has 2 fully saturated rings. The van der Waals surface area contributed by atoms with E-state index in [1.54, 1.807) is 0 Å². The summed E-state index contributed by atoms with van der Waals surface area (Å²) in [5.41, 5.74) is 0. The van der Waals surface area contributed by atoms with Gasteiger partial charge in [-0.25, -0.2) is 0 Å². The highest BCUT2D eigenvalue weighted by atomic mass is 16.5. The van der Waals surface area contributed by atoms with E-state index in [1.807, 2.05) is 6.92 Å². The molecule has 1 aromatic heterocycles. The molecule has 3 atom stereocenters. The number of morpholine rings is 1. The Morgan fingerprint density at radius 1 is 1.14 bits per heavy atom. The van der Waals surface area contributed by atoms with E-state index < -0.39 is 0 Å². The van der Waals surface area contributed by atoms with Crippen molar-refractivity contribution < 1.29 is 9.15 Å². The van der Waals surface area contributed by atoms with Crippen LogP contribution >= 0.6 is 0 Å². The van der Waals surface area contributed by atoms with Crippen LogP contribution in [0, 0.1) is 18.8 Å². The van der Waals surface area contributed by atoms with Crippen molar-refractivity contribution in [2.24, 2.45) is 11.8 Å². The molecule has 0 aromatic carbocycles. The second-order valence-electron chi connectivity index (χ2n) is 6.99. The number of hydrogen-bond donors (Lipinski definition) is 0. The molecular weight excluding hydrogens is 280 g/mol. The molecule has 2 aliphatic rings. The highest BCUT2D eigenvalue weighted by molar-refractivity contribution is 4.92. The molecule has 22 heavy (non-hydrogen) atoms. The van der Waals surface area contributed by atoms with Gasteiger partial charge in [0.2, 0.25) is 11.8 Å². The van der Waals surface area contributed by atoms with E-state index in [1.165, 1.54) is 19.5 Å². The molecule has 3 unspecified atom stereocenters. The first kappa shape index (κ1) is 15.9. The molecule has 0 bridgehead atoms.